The second-order valence-corrected chi connectivity index (χ2v) is 7.73. The third-order valence-corrected chi connectivity index (χ3v) is 6.23. The van der Waals surface area contributed by atoms with Crippen LogP contribution >= 0.6 is 11.6 Å². The van der Waals surface area contributed by atoms with E-state index in [1.807, 2.05) is 32.9 Å². The van der Waals surface area contributed by atoms with Crippen LogP contribution in [-0.4, -0.2) is 30.8 Å². The number of rotatable bonds is 7. The van der Waals surface area contributed by atoms with Crippen LogP contribution in [0.2, 0.25) is 5.02 Å². The molecule has 0 amide bonds. The van der Waals surface area contributed by atoms with E-state index in [4.69, 9.17) is 11.6 Å². The molecule has 0 fully saturated rings. The molecule has 2 rings (SSSR count). The molecular formula is C17H22ClN3O2S. The number of hydrogen-bond donors (Lipinski definition) is 1. The molecule has 5 nitrogen and oxygen atoms in total. The SMILES string of the molecule is CCN(CC)S(=O)(=O)c1ccc(C(C)Nc2ccncc2Cl)cc1. The molecule has 1 aromatic carbocycles. The first-order chi connectivity index (χ1) is 11.4. The largest absolute Gasteiger partial charge is 0.377 e. The molecule has 130 valence electrons. The third-order valence-electron chi connectivity index (χ3n) is 3.87. The van der Waals surface area contributed by atoms with Gasteiger partial charge in [-0.15, -0.1) is 0 Å². The minimum absolute atomic E-state index is 0.0184. The molecule has 0 saturated heterocycles. The maximum Gasteiger partial charge on any atom is 0.243 e. The van der Waals surface area contributed by atoms with E-state index >= 15 is 0 Å². The Hall–Kier alpha value is -1.63. The van der Waals surface area contributed by atoms with Crippen LogP contribution in [0.25, 0.3) is 0 Å². The lowest BCUT2D eigenvalue weighted by Gasteiger charge is -2.20. The molecule has 7 heteroatoms. The highest BCUT2D eigenvalue weighted by molar-refractivity contribution is 7.89. The maximum atomic E-state index is 12.5. The van der Waals surface area contributed by atoms with Crippen molar-refractivity contribution in [1.29, 1.82) is 0 Å². The normalized spacial score (nSPS) is 13.0. The smallest absolute Gasteiger partial charge is 0.243 e. The first-order valence-electron chi connectivity index (χ1n) is 7.86. The van der Waals surface area contributed by atoms with Gasteiger partial charge in [-0.05, 0) is 30.7 Å². The summed E-state index contributed by atoms with van der Waals surface area (Å²) in [5.74, 6) is 0. The first kappa shape index (κ1) is 18.7. The molecule has 0 radical (unpaired) electrons. The van der Waals surface area contributed by atoms with Gasteiger partial charge in [-0.1, -0.05) is 37.6 Å². The number of nitrogens with one attached hydrogen (secondary N) is 1. The van der Waals surface area contributed by atoms with E-state index in [-0.39, 0.29) is 6.04 Å². The number of pyridine rings is 1. The summed E-state index contributed by atoms with van der Waals surface area (Å²) in [5.41, 5.74) is 1.76. The molecule has 1 aromatic heterocycles. The second kappa shape index (κ2) is 7.96. The van der Waals surface area contributed by atoms with Gasteiger partial charge in [0.1, 0.15) is 0 Å². The van der Waals surface area contributed by atoms with Gasteiger partial charge in [-0.3, -0.25) is 4.98 Å². The zero-order chi connectivity index (χ0) is 17.7. The van der Waals surface area contributed by atoms with E-state index in [0.717, 1.165) is 11.3 Å². The highest BCUT2D eigenvalue weighted by atomic mass is 35.5. The van der Waals surface area contributed by atoms with Gasteiger partial charge in [-0.25, -0.2) is 8.42 Å². The van der Waals surface area contributed by atoms with E-state index < -0.39 is 10.0 Å². The predicted octanol–water partition coefficient (Wildman–Crippen LogP) is 3.94. The van der Waals surface area contributed by atoms with Crippen molar-refractivity contribution in [2.75, 3.05) is 18.4 Å². The van der Waals surface area contributed by atoms with Gasteiger partial charge >= 0.3 is 0 Å². The Morgan fingerprint density at radius 3 is 2.33 bits per heavy atom. The van der Waals surface area contributed by atoms with Gasteiger partial charge in [0.2, 0.25) is 10.0 Å². The molecule has 1 N–H and O–H groups in total. The molecule has 1 atom stereocenters. The summed E-state index contributed by atoms with van der Waals surface area (Å²) in [7, 11) is -3.43. The lowest BCUT2D eigenvalue weighted by molar-refractivity contribution is 0.445. The van der Waals surface area contributed by atoms with Crippen LogP contribution in [0.15, 0.2) is 47.6 Å². The summed E-state index contributed by atoms with van der Waals surface area (Å²) in [5, 5.41) is 3.84. The Morgan fingerprint density at radius 1 is 1.17 bits per heavy atom. The van der Waals surface area contributed by atoms with Gasteiger partial charge in [0.05, 0.1) is 15.6 Å². The van der Waals surface area contributed by atoms with Gasteiger partial charge in [0.25, 0.3) is 0 Å². The van der Waals surface area contributed by atoms with Crippen molar-refractivity contribution in [3.63, 3.8) is 0 Å². The molecule has 0 aliphatic carbocycles. The van der Waals surface area contributed by atoms with Crippen molar-refractivity contribution in [1.82, 2.24) is 9.29 Å². The number of benzene rings is 1. The minimum atomic E-state index is -3.43. The summed E-state index contributed by atoms with van der Waals surface area (Å²) in [6.45, 7) is 6.57. The Kier molecular flexibility index (Phi) is 6.21. The molecule has 0 spiro atoms. The van der Waals surface area contributed by atoms with Crippen molar-refractivity contribution >= 4 is 27.3 Å². The van der Waals surface area contributed by atoms with E-state index in [9.17, 15) is 8.42 Å². The third kappa shape index (κ3) is 4.06. The van der Waals surface area contributed by atoms with E-state index in [2.05, 4.69) is 10.3 Å². The number of aromatic nitrogens is 1. The van der Waals surface area contributed by atoms with Gasteiger partial charge in [-0.2, -0.15) is 4.31 Å². The molecule has 2 aromatic rings. The predicted molar refractivity (Wildman–Crippen MR) is 97.8 cm³/mol. The molecule has 0 aliphatic heterocycles. The molecule has 1 heterocycles. The Labute approximate surface area is 148 Å². The van der Waals surface area contributed by atoms with Crippen molar-refractivity contribution in [2.45, 2.75) is 31.7 Å². The van der Waals surface area contributed by atoms with E-state index in [1.165, 1.54) is 4.31 Å². The highest BCUT2D eigenvalue weighted by Crippen LogP contribution is 2.26. The molecular weight excluding hydrogens is 346 g/mol. The summed E-state index contributed by atoms with van der Waals surface area (Å²) >= 11 is 6.10. The molecule has 24 heavy (non-hydrogen) atoms. The summed E-state index contributed by atoms with van der Waals surface area (Å²) in [4.78, 5) is 4.26. The van der Waals surface area contributed by atoms with Crippen LogP contribution in [0.4, 0.5) is 5.69 Å². The van der Waals surface area contributed by atoms with Crippen molar-refractivity contribution < 1.29 is 8.42 Å². The van der Waals surface area contributed by atoms with Crippen molar-refractivity contribution in [3.05, 3.63) is 53.3 Å². The van der Waals surface area contributed by atoms with Crippen LogP contribution in [-0.2, 0) is 10.0 Å². The Morgan fingerprint density at radius 2 is 1.79 bits per heavy atom. The molecule has 0 saturated carbocycles. The highest BCUT2D eigenvalue weighted by Gasteiger charge is 2.21. The fourth-order valence-electron chi connectivity index (χ4n) is 2.45. The van der Waals surface area contributed by atoms with Crippen molar-refractivity contribution in [3.8, 4) is 0 Å². The zero-order valence-corrected chi connectivity index (χ0v) is 15.6. The molecule has 1 unspecified atom stereocenters. The monoisotopic (exact) mass is 367 g/mol. The van der Waals surface area contributed by atoms with Gasteiger partial charge in [0.15, 0.2) is 0 Å². The standard InChI is InChI=1S/C17H22ClN3O2S/c1-4-21(5-2)24(22,23)15-8-6-14(7-9-15)13(3)20-17-10-11-19-12-16(17)18/h6-13H,4-5H2,1-3H3,(H,19,20). The van der Waals surface area contributed by atoms with E-state index in [0.29, 0.717) is 23.0 Å². The summed E-state index contributed by atoms with van der Waals surface area (Å²) in [6.07, 6.45) is 3.25. The van der Waals surface area contributed by atoms with Crippen LogP contribution in [0.5, 0.6) is 0 Å². The van der Waals surface area contributed by atoms with Crippen LogP contribution in [0, 0.1) is 0 Å². The van der Waals surface area contributed by atoms with Crippen LogP contribution in [0.1, 0.15) is 32.4 Å². The number of sulfonamides is 1. The number of anilines is 1. The van der Waals surface area contributed by atoms with Crippen molar-refractivity contribution in [2.24, 2.45) is 0 Å². The lowest BCUT2D eigenvalue weighted by Crippen LogP contribution is -2.30. The topological polar surface area (TPSA) is 62.3 Å². The van der Waals surface area contributed by atoms with Gasteiger partial charge < -0.3 is 5.32 Å². The fourth-order valence-corrected chi connectivity index (χ4v) is 4.08. The first-order valence-corrected chi connectivity index (χ1v) is 9.68. The quantitative estimate of drug-likeness (QED) is 0.805. The lowest BCUT2D eigenvalue weighted by atomic mass is 10.1. The van der Waals surface area contributed by atoms with E-state index in [1.54, 1.807) is 30.6 Å². The number of halogens is 1. The second-order valence-electron chi connectivity index (χ2n) is 5.38. The number of nitrogens with zero attached hydrogens (tertiary/aromatic N) is 2. The molecule has 0 aliphatic rings. The van der Waals surface area contributed by atoms with Crippen LogP contribution in [0.3, 0.4) is 0 Å². The molecule has 0 bridgehead atoms. The Balaban J connectivity index is 2.19. The average molecular weight is 368 g/mol. The summed E-state index contributed by atoms with van der Waals surface area (Å²) in [6, 6.07) is 8.73. The summed E-state index contributed by atoms with van der Waals surface area (Å²) < 4.78 is 26.4. The number of hydrogen-bond acceptors (Lipinski definition) is 4. The minimum Gasteiger partial charge on any atom is -0.377 e. The van der Waals surface area contributed by atoms with Crippen LogP contribution < -0.4 is 5.32 Å². The van der Waals surface area contributed by atoms with Gasteiger partial charge in [0, 0.05) is 31.5 Å². The maximum absolute atomic E-state index is 12.5. The fraction of sp³-hybridized carbons (Fsp3) is 0.353. The Bertz CT molecular complexity index is 775. The zero-order valence-electron chi connectivity index (χ0n) is 14.0. The average Bonchev–Trinajstić information content (AvgIpc) is 2.58.